The van der Waals surface area contributed by atoms with Gasteiger partial charge in [-0.25, -0.2) is 5.43 Å². The van der Waals surface area contributed by atoms with Crippen LogP contribution < -0.4 is 15.1 Å². The van der Waals surface area contributed by atoms with Gasteiger partial charge in [0.05, 0.1) is 19.2 Å². The normalized spacial score (nSPS) is 16.9. The van der Waals surface area contributed by atoms with E-state index in [1.54, 1.807) is 18.2 Å². The number of hydrazone groups is 1. The molecular weight excluding hydrogens is 330 g/mol. The van der Waals surface area contributed by atoms with Gasteiger partial charge in [-0.1, -0.05) is 17.7 Å². The van der Waals surface area contributed by atoms with E-state index in [1.807, 2.05) is 55.5 Å². The Morgan fingerprint density at radius 2 is 1.88 bits per heavy atom. The molecule has 0 aliphatic carbocycles. The molecule has 1 atom stereocenters. The van der Waals surface area contributed by atoms with E-state index in [-0.39, 0.29) is 18.2 Å². The summed E-state index contributed by atoms with van der Waals surface area (Å²) in [6.07, 6.45) is 1.75. The summed E-state index contributed by atoms with van der Waals surface area (Å²) in [5.74, 6) is 0.0505. The first-order valence-electron chi connectivity index (χ1n) is 8.41. The van der Waals surface area contributed by atoms with Crippen LogP contribution in [0.3, 0.4) is 0 Å². The summed E-state index contributed by atoms with van der Waals surface area (Å²) in [7, 11) is 1.60. The molecule has 6 heteroatoms. The van der Waals surface area contributed by atoms with Crippen LogP contribution in [-0.2, 0) is 9.59 Å². The van der Waals surface area contributed by atoms with Gasteiger partial charge in [0.25, 0.3) is 0 Å². The largest absolute Gasteiger partial charge is 0.497 e. The minimum atomic E-state index is -0.406. The van der Waals surface area contributed by atoms with Crippen LogP contribution in [0.1, 0.15) is 17.5 Å². The first-order chi connectivity index (χ1) is 12.6. The molecule has 3 rings (SSSR count). The predicted octanol–water partition coefficient (Wildman–Crippen LogP) is 2.51. The van der Waals surface area contributed by atoms with Gasteiger partial charge in [0.15, 0.2) is 0 Å². The second kappa shape index (κ2) is 7.82. The summed E-state index contributed by atoms with van der Waals surface area (Å²) >= 11 is 0. The number of rotatable bonds is 5. The van der Waals surface area contributed by atoms with Crippen molar-refractivity contribution in [1.29, 1.82) is 0 Å². The third kappa shape index (κ3) is 4.08. The molecule has 0 aromatic heterocycles. The predicted molar refractivity (Wildman–Crippen MR) is 100 cm³/mol. The number of anilines is 1. The summed E-state index contributed by atoms with van der Waals surface area (Å²) in [6.45, 7) is 2.36. The van der Waals surface area contributed by atoms with Gasteiger partial charge in [-0.2, -0.15) is 5.10 Å². The lowest BCUT2D eigenvalue weighted by Crippen LogP contribution is -2.30. The maximum absolute atomic E-state index is 12.3. The van der Waals surface area contributed by atoms with E-state index >= 15 is 0 Å². The highest BCUT2D eigenvalue weighted by Gasteiger charge is 2.35. The molecule has 2 aromatic carbocycles. The van der Waals surface area contributed by atoms with Crippen molar-refractivity contribution in [3.63, 3.8) is 0 Å². The number of amides is 2. The molecule has 6 nitrogen and oxygen atoms in total. The van der Waals surface area contributed by atoms with Crippen molar-refractivity contribution in [3.05, 3.63) is 59.7 Å². The minimum Gasteiger partial charge on any atom is -0.497 e. The lowest BCUT2D eigenvalue weighted by Gasteiger charge is -2.16. The maximum atomic E-state index is 12.3. The Hall–Kier alpha value is -3.15. The van der Waals surface area contributed by atoms with E-state index in [9.17, 15) is 9.59 Å². The number of aryl methyl sites for hydroxylation is 1. The monoisotopic (exact) mass is 351 g/mol. The Balaban J connectivity index is 1.57. The number of carbonyl (C=O) groups excluding carboxylic acids is 2. The van der Waals surface area contributed by atoms with Gasteiger partial charge in [-0.15, -0.1) is 0 Å². The van der Waals surface area contributed by atoms with Crippen molar-refractivity contribution in [3.8, 4) is 5.75 Å². The van der Waals surface area contributed by atoms with E-state index in [0.29, 0.717) is 6.54 Å². The van der Waals surface area contributed by atoms with E-state index in [4.69, 9.17) is 4.74 Å². The lowest BCUT2D eigenvalue weighted by molar-refractivity contribution is -0.126. The van der Waals surface area contributed by atoms with Crippen molar-refractivity contribution in [1.82, 2.24) is 5.43 Å². The Morgan fingerprint density at radius 1 is 1.19 bits per heavy atom. The zero-order valence-electron chi connectivity index (χ0n) is 14.8. The molecule has 1 N–H and O–H groups in total. The van der Waals surface area contributed by atoms with Gasteiger partial charge in [-0.05, 0) is 48.9 Å². The van der Waals surface area contributed by atoms with Gasteiger partial charge in [0.1, 0.15) is 5.75 Å². The van der Waals surface area contributed by atoms with Gasteiger partial charge in [-0.3, -0.25) is 9.59 Å². The van der Waals surface area contributed by atoms with Gasteiger partial charge < -0.3 is 9.64 Å². The fraction of sp³-hybridized carbons (Fsp3) is 0.250. The molecule has 26 heavy (non-hydrogen) atoms. The average molecular weight is 351 g/mol. The molecule has 0 radical (unpaired) electrons. The fourth-order valence-corrected chi connectivity index (χ4v) is 2.81. The SMILES string of the molecule is COc1ccc(/C=N\NC(=O)[C@H]2CC(=O)N(c3ccc(C)cc3)C2)cc1. The van der Waals surface area contributed by atoms with Crippen LogP contribution in [0.4, 0.5) is 5.69 Å². The molecule has 1 saturated heterocycles. The topological polar surface area (TPSA) is 71.0 Å². The fourth-order valence-electron chi connectivity index (χ4n) is 2.81. The highest BCUT2D eigenvalue weighted by molar-refractivity contribution is 6.00. The molecule has 134 valence electrons. The lowest BCUT2D eigenvalue weighted by atomic mass is 10.1. The number of nitrogens with one attached hydrogen (secondary N) is 1. The molecule has 2 amide bonds. The zero-order chi connectivity index (χ0) is 18.5. The molecule has 2 aromatic rings. The quantitative estimate of drug-likeness (QED) is 0.665. The van der Waals surface area contributed by atoms with Crippen LogP contribution in [0.15, 0.2) is 53.6 Å². The zero-order valence-corrected chi connectivity index (χ0v) is 14.8. The number of hydrogen-bond donors (Lipinski definition) is 1. The highest BCUT2D eigenvalue weighted by Crippen LogP contribution is 2.25. The van der Waals surface area contributed by atoms with Crippen LogP contribution in [0.25, 0.3) is 0 Å². The Bertz CT molecular complexity index is 813. The third-order valence-corrected chi connectivity index (χ3v) is 4.35. The van der Waals surface area contributed by atoms with E-state index in [0.717, 1.165) is 22.6 Å². The molecule has 1 aliphatic heterocycles. The van der Waals surface area contributed by atoms with E-state index in [2.05, 4.69) is 10.5 Å². The number of carbonyl (C=O) groups is 2. The number of nitrogens with zero attached hydrogens (tertiary/aromatic N) is 2. The molecule has 0 bridgehead atoms. The van der Waals surface area contributed by atoms with Crippen molar-refractivity contribution in [2.75, 3.05) is 18.6 Å². The van der Waals surface area contributed by atoms with Gasteiger partial charge in [0, 0.05) is 18.7 Å². The van der Waals surface area contributed by atoms with Crippen molar-refractivity contribution < 1.29 is 14.3 Å². The molecule has 0 spiro atoms. The highest BCUT2D eigenvalue weighted by atomic mass is 16.5. The smallest absolute Gasteiger partial charge is 0.245 e. The second-order valence-electron chi connectivity index (χ2n) is 6.25. The van der Waals surface area contributed by atoms with Crippen LogP contribution in [0.5, 0.6) is 5.75 Å². The first-order valence-corrected chi connectivity index (χ1v) is 8.41. The van der Waals surface area contributed by atoms with E-state index in [1.165, 1.54) is 0 Å². The van der Waals surface area contributed by atoms with Crippen LogP contribution in [0.2, 0.25) is 0 Å². The summed E-state index contributed by atoms with van der Waals surface area (Å²) in [5.41, 5.74) is 5.31. The number of hydrogen-bond acceptors (Lipinski definition) is 4. The Morgan fingerprint density at radius 3 is 2.54 bits per heavy atom. The van der Waals surface area contributed by atoms with Crippen molar-refractivity contribution in [2.24, 2.45) is 11.0 Å². The van der Waals surface area contributed by atoms with Gasteiger partial charge >= 0.3 is 0 Å². The molecule has 1 aliphatic rings. The van der Waals surface area contributed by atoms with E-state index < -0.39 is 5.92 Å². The molecule has 1 heterocycles. The third-order valence-electron chi connectivity index (χ3n) is 4.35. The molecule has 0 unspecified atom stereocenters. The maximum Gasteiger partial charge on any atom is 0.245 e. The minimum absolute atomic E-state index is 0.0480. The summed E-state index contributed by atoms with van der Waals surface area (Å²) in [4.78, 5) is 26.2. The van der Waals surface area contributed by atoms with Crippen LogP contribution in [0, 0.1) is 12.8 Å². The molecule has 0 saturated carbocycles. The number of methoxy groups -OCH3 is 1. The Labute approximate surface area is 152 Å². The number of ether oxygens (including phenoxy) is 1. The first kappa shape index (κ1) is 17.7. The van der Waals surface area contributed by atoms with Crippen LogP contribution in [-0.4, -0.2) is 31.7 Å². The van der Waals surface area contributed by atoms with Crippen molar-refractivity contribution in [2.45, 2.75) is 13.3 Å². The summed E-state index contributed by atoms with van der Waals surface area (Å²) < 4.78 is 5.09. The standard InChI is InChI=1S/C20H21N3O3/c1-14-3-7-17(8-4-14)23-13-16(11-19(23)24)20(25)22-21-12-15-5-9-18(26-2)10-6-15/h3-10,12,16H,11,13H2,1-2H3,(H,22,25)/b21-12-/t16-/m0/s1. The van der Waals surface area contributed by atoms with Crippen LogP contribution >= 0.6 is 0 Å². The summed E-state index contributed by atoms with van der Waals surface area (Å²) in [5, 5.41) is 3.98. The van der Waals surface area contributed by atoms with Gasteiger partial charge in [0.2, 0.25) is 11.8 Å². The summed E-state index contributed by atoms with van der Waals surface area (Å²) in [6, 6.07) is 15.0. The van der Waals surface area contributed by atoms with Crippen molar-refractivity contribution >= 4 is 23.7 Å². The second-order valence-corrected chi connectivity index (χ2v) is 6.25. The number of benzene rings is 2. The molecule has 1 fully saturated rings. The Kier molecular flexibility index (Phi) is 5.31. The average Bonchev–Trinajstić information content (AvgIpc) is 3.05. The molecular formula is C20H21N3O3.